The van der Waals surface area contributed by atoms with Crippen LogP contribution < -0.4 is 11.1 Å². The van der Waals surface area contributed by atoms with Gasteiger partial charge in [-0.2, -0.15) is 0 Å². The summed E-state index contributed by atoms with van der Waals surface area (Å²) in [5, 5.41) is 3.11. The minimum Gasteiger partial charge on any atom is -0.383 e. The Kier molecular flexibility index (Phi) is 6.49. The Morgan fingerprint density at radius 1 is 1.45 bits per heavy atom. The minimum absolute atomic E-state index is 0.0864. The molecule has 0 saturated carbocycles. The number of hydrogen-bond acceptors (Lipinski definition) is 2. The molecule has 0 heterocycles. The van der Waals surface area contributed by atoms with Crippen LogP contribution >= 0.6 is 15.9 Å². The maximum atomic E-state index is 5.90. The first-order valence-electron chi connectivity index (χ1n) is 6.67. The maximum absolute atomic E-state index is 5.90. The number of rotatable bonds is 6. The Morgan fingerprint density at radius 3 is 2.70 bits per heavy atom. The monoisotopic (exact) mass is 341 g/mol. The molecule has 0 amide bonds. The van der Waals surface area contributed by atoms with Crippen LogP contribution in [0.25, 0.3) is 0 Å². The number of nitrogens with zero attached hydrogens (tertiary/aromatic N) is 1. The molecule has 0 saturated heterocycles. The van der Waals surface area contributed by atoms with Crippen molar-refractivity contribution in [2.24, 2.45) is 10.7 Å². The molecule has 1 aromatic rings. The van der Waals surface area contributed by atoms with Gasteiger partial charge in [0.05, 0.1) is 13.2 Å². The number of guanidine groups is 1. The predicted octanol–water partition coefficient (Wildman–Crippen LogP) is 2.67. The van der Waals surface area contributed by atoms with Crippen molar-refractivity contribution >= 4 is 21.9 Å². The number of benzene rings is 1. The van der Waals surface area contributed by atoms with E-state index in [0.29, 0.717) is 19.1 Å². The van der Waals surface area contributed by atoms with E-state index < -0.39 is 0 Å². The molecule has 0 aromatic heterocycles. The van der Waals surface area contributed by atoms with Gasteiger partial charge in [0.2, 0.25) is 0 Å². The summed E-state index contributed by atoms with van der Waals surface area (Å²) in [4.78, 5) is 4.44. The molecule has 0 spiro atoms. The van der Waals surface area contributed by atoms with Gasteiger partial charge in [-0.3, -0.25) is 4.99 Å². The summed E-state index contributed by atoms with van der Waals surface area (Å²) in [7, 11) is 1.67. The lowest BCUT2D eigenvalue weighted by atomic mass is 9.85. The third kappa shape index (κ3) is 5.13. The van der Waals surface area contributed by atoms with E-state index in [1.54, 1.807) is 7.11 Å². The van der Waals surface area contributed by atoms with Gasteiger partial charge in [-0.25, -0.2) is 0 Å². The number of halogens is 1. The number of hydrogen-bond donors (Lipinski definition) is 2. The Labute approximate surface area is 129 Å². The van der Waals surface area contributed by atoms with Gasteiger partial charge in [-0.1, -0.05) is 48.0 Å². The zero-order chi connectivity index (χ0) is 15.2. The zero-order valence-corrected chi connectivity index (χ0v) is 14.2. The molecule has 1 aromatic carbocycles. The van der Waals surface area contributed by atoms with Crippen LogP contribution in [0.3, 0.4) is 0 Å². The molecule has 0 radical (unpaired) electrons. The summed E-state index contributed by atoms with van der Waals surface area (Å²) in [6.07, 6.45) is 0. The van der Waals surface area contributed by atoms with Gasteiger partial charge in [0.15, 0.2) is 5.96 Å². The summed E-state index contributed by atoms with van der Waals surface area (Å²) in [6.45, 7) is 7.54. The van der Waals surface area contributed by atoms with E-state index in [1.807, 2.05) is 25.1 Å². The fraction of sp³-hybridized carbons (Fsp3) is 0.533. The Balaban J connectivity index is 2.69. The SMILES string of the molecule is COCC(C)NC(N)=NCC(C)(C)c1ccccc1Br. The molecule has 1 atom stereocenters. The standard InChI is InChI=1S/C15H24BrN3O/c1-11(9-20-4)19-14(17)18-10-15(2,3)12-7-5-6-8-13(12)16/h5-8,11H,9-10H2,1-4H3,(H3,17,18,19). The minimum atomic E-state index is -0.0864. The van der Waals surface area contributed by atoms with Gasteiger partial charge in [-0.15, -0.1) is 0 Å². The molecule has 4 nitrogen and oxygen atoms in total. The summed E-state index contributed by atoms with van der Waals surface area (Å²) < 4.78 is 6.15. The molecule has 0 aliphatic carbocycles. The fourth-order valence-electron chi connectivity index (χ4n) is 1.97. The molecule has 5 heteroatoms. The Morgan fingerprint density at radius 2 is 2.10 bits per heavy atom. The predicted molar refractivity (Wildman–Crippen MR) is 88.1 cm³/mol. The van der Waals surface area contributed by atoms with Gasteiger partial charge in [0.25, 0.3) is 0 Å². The molecule has 0 bridgehead atoms. The van der Waals surface area contributed by atoms with Crippen molar-refractivity contribution < 1.29 is 4.74 Å². The van der Waals surface area contributed by atoms with E-state index >= 15 is 0 Å². The van der Waals surface area contributed by atoms with Crippen LogP contribution in [0.15, 0.2) is 33.7 Å². The van der Waals surface area contributed by atoms with Gasteiger partial charge in [0, 0.05) is 23.0 Å². The highest BCUT2D eigenvalue weighted by Gasteiger charge is 2.22. The molecule has 112 valence electrons. The lowest BCUT2D eigenvalue weighted by Crippen LogP contribution is -2.41. The van der Waals surface area contributed by atoms with E-state index in [-0.39, 0.29) is 11.5 Å². The number of nitrogens with one attached hydrogen (secondary N) is 1. The number of ether oxygens (including phenoxy) is 1. The topological polar surface area (TPSA) is 59.6 Å². The molecule has 20 heavy (non-hydrogen) atoms. The lowest BCUT2D eigenvalue weighted by molar-refractivity contribution is 0.179. The first-order chi connectivity index (χ1) is 9.36. The average Bonchev–Trinajstić information content (AvgIpc) is 2.37. The summed E-state index contributed by atoms with van der Waals surface area (Å²) in [6, 6.07) is 8.35. The van der Waals surface area contributed by atoms with Crippen LogP contribution in [0.1, 0.15) is 26.3 Å². The molecule has 3 N–H and O–H groups in total. The van der Waals surface area contributed by atoms with Crippen LogP contribution in [0.4, 0.5) is 0 Å². The summed E-state index contributed by atoms with van der Waals surface area (Å²) in [5.41, 5.74) is 7.04. The molecular weight excluding hydrogens is 318 g/mol. The molecular formula is C15H24BrN3O. The maximum Gasteiger partial charge on any atom is 0.188 e. The van der Waals surface area contributed by atoms with E-state index in [0.717, 1.165) is 4.47 Å². The van der Waals surface area contributed by atoms with Crippen LogP contribution in [0.2, 0.25) is 0 Å². The van der Waals surface area contributed by atoms with E-state index in [2.05, 4.69) is 46.2 Å². The number of methoxy groups -OCH3 is 1. The highest BCUT2D eigenvalue weighted by molar-refractivity contribution is 9.10. The normalized spacial score (nSPS) is 14.2. The third-order valence-electron chi connectivity index (χ3n) is 3.06. The quantitative estimate of drug-likeness (QED) is 0.617. The van der Waals surface area contributed by atoms with Crippen molar-refractivity contribution in [2.45, 2.75) is 32.2 Å². The van der Waals surface area contributed by atoms with Crippen LogP contribution in [-0.2, 0) is 10.2 Å². The largest absolute Gasteiger partial charge is 0.383 e. The molecule has 1 unspecified atom stereocenters. The Hall–Kier alpha value is -1.07. The second-order valence-corrected chi connectivity index (χ2v) is 6.42. The highest BCUT2D eigenvalue weighted by atomic mass is 79.9. The first-order valence-corrected chi connectivity index (χ1v) is 7.46. The van der Waals surface area contributed by atoms with Gasteiger partial charge in [-0.05, 0) is 18.6 Å². The van der Waals surface area contributed by atoms with Crippen LogP contribution in [0, 0.1) is 0 Å². The molecule has 0 fully saturated rings. The highest BCUT2D eigenvalue weighted by Crippen LogP contribution is 2.30. The molecule has 1 rings (SSSR count). The van der Waals surface area contributed by atoms with Crippen LogP contribution in [0.5, 0.6) is 0 Å². The van der Waals surface area contributed by atoms with Gasteiger partial charge in [0.1, 0.15) is 0 Å². The summed E-state index contributed by atoms with van der Waals surface area (Å²) in [5.74, 6) is 0.453. The van der Waals surface area contributed by atoms with Crippen molar-refractivity contribution in [3.63, 3.8) is 0 Å². The van der Waals surface area contributed by atoms with Crippen molar-refractivity contribution in [3.8, 4) is 0 Å². The van der Waals surface area contributed by atoms with Gasteiger partial charge < -0.3 is 15.8 Å². The smallest absolute Gasteiger partial charge is 0.188 e. The second-order valence-electron chi connectivity index (χ2n) is 5.57. The fourth-order valence-corrected chi connectivity index (χ4v) is 2.79. The first kappa shape index (κ1) is 17.0. The zero-order valence-electron chi connectivity index (χ0n) is 12.6. The van der Waals surface area contributed by atoms with E-state index in [1.165, 1.54) is 5.56 Å². The van der Waals surface area contributed by atoms with E-state index in [4.69, 9.17) is 10.5 Å². The van der Waals surface area contributed by atoms with E-state index in [9.17, 15) is 0 Å². The van der Waals surface area contributed by atoms with Crippen molar-refractivity contribution in [1.82, 2.24) is 5.32 Å². The average molecular weight is 342 g/mol. The third-order valence-corrected chi connectivity index (χ3v) is 3.75. The van der Waals surface area contributed by atoms with Crippen molar-refractivity contribution in [2.75, 3.05) is 20.3 Å². The van der Waals surface area contributed by atoms with Gasteiger partial charge >= 0.3 is 0 Å². The molecule has 0 aliphatic rings. The number of aliphatic imine (C=N–C) groups is 1. The second kappa shape index (κ2) is 7.64. The Bertz CT molecular complexity index is 460. The van der Waals surface area contributed by atoms with Crippen molar-refractivity contribution in [1.29, 1.82) is 0 Å². The number of nitrogens with two attached hydrogens (primary N) is 1. The van der Waals surface area contributed by atoms with Crippen LogP contribution in [-0.4, -0.2) is 32.3 Å². The van der Waals surface area contributed by atoms with Crippen molar-refractivity contribution in [3.05, 3.63) is 34.3 Å². The lowest BCUT2D eigenvalue weighted by Gasteiger charge is -2.25. The summed E-state index contributed by atoms with van der Waals surface area (Å²) >= 11 is 3.59. The molecule has 0 aliphatic heterocycles.